The molecule has 0 spiro atoms. The van der Waals surface area contributed by atoms with Gasteiger partial charge in [-0.25, -0.2) is 0 Å². The van der Waals surface area contributed by atoms with Gasteiger partial charge in [0.05, 0.1) is 17.2 Å². The minimum absolute atomic E-state index is 0.499. The molecule has 1 aromatic carbocycles. The van der Waals surface area contributed by atoms with Crippen LogP contribution in [0.1, 0.15) is 12.5 Å². The number of rotatable bonds is 2. The normalized spacial score (nSPS) is 10.0. The number of hydrogen-bond donors (Lipinski definition) is 0. The lowest BCUT2D eigenvalue weighted by atomic mass is 10.2. The molecule has 0 bridgehead atoms. The van der Waals surface area contributed by atoms with Gasteiger partial charge in [-0.15, -0.1) is 0 Å². The summed E-state index contributed by atoms with van der Waals surface area (Å²) in [7, 11) is 1.54. The van der Waals surface area contributed by atoms with Crippen LogP contribution < -0.4 is 4.74 Å². The summed E-state index contributed by atoms with van der Waals surface area (Å²) < 4.78 is 4.95. The second kappa shape index (κ2) is 4.01. The zero-order valence-electron chi connectivity index (χ0n) is 6.95. The Bertz CT molecular complexity index is 254. The van der Waals surface area contributed by atoms with Crippen molar-refractivity contribution >= 4 is 23.2 Å². The van der Waals surface area contributed by atoms with Crippen molar-refractivity contribution in [3.05, 3.63) is 27.7 Å². The second-order valence-corrected chi connectivity index (χ2v) is 3.13. The fourth-order valence-electron chi connectivity index (χ4n) is 0.927. The monoisotopic (exact) mass is 203 g/mol. The van der Waals surface area contributed by atoms with Crippen LogP contribution in [0.25, 0.3) is 0 Å². The Kier molecular flexibility index (Phi) is 3.24. The molecule has 0 saturated heterocycles. The van der Waals surface area contributed by atoms with Gasteiger partial charge in [-0.2, -0.15) is 0 Å². The Labute approximate surface area is 82.2 Å². The molecule has 3 heteroatoms. The van der Waals surface area contributed by atoms with Crippen molar-refractivity contribution in [3.8, 4) is 5.75 Å². The summed E-state index contributed by atoms with van der Waals surface area (Å²) in [6, 6.07) is 4.66. The van der Waals surface area contributed by atoms with E-state index in [1.54, 1.807) is 13.2 Å². The highest BCUT2D eigenvalue weighted by atomic mass is 35.5. The van der Waals surface area contributed by atoms with Crippen molar-refractivity contribution < 1.29 is 4.74 Å². The van der Waals surface area contributed by atoms with Crippen LogP contribution in [-0.2, 0) is 6.42 Å². The molecule has 12 heavy (non-hydrogen) atoms. The molecule has 0 saturated carbocycles. The van der Waals surface area contributed by atoms with Gasteiger partial charge in [0.1, 0.15) is 5.75 Å². The van der Waals surface area contributed by atoms with Gasteiger partial charge in [0.2, 0.25) is 0 Å². The van der Waals surface area contributed by atoms with Crippen LogP contribution in [0.2, 0.25) is 10.0 Å². The van der Waals surface area contributed by atoms with Gasteiger partial charge < -0.3 is 4.74 Å². The Balaban J connectivity index is 3.16. The highest BCUT2D eigenvalue weighted by Crippen LogP contribution is 2.30. The first-order valence-electron chi connectivity index (χ1n) is 3.63. The van der Waals surface area contributed by atoms with Gasteiger partial charge in [0, 0.05) is 6.07 Å². The molecule has 0 unspecified atom stereocenters. The molecule has 0 N–H and O–H groups in total. The summed E-state index contributed by atoms with van der Waals surface area (Å²) in [4.78, 5) is 0. The van der Waals surface area contributed by atoms with Crippen LogP contribution in [0.15, 0.2) is 6.07 Å². The number of aryl methyl sites for hydroxylation is 1. The van der Waals surface area contributed by atoms with Crippen molar-refractivity contribution in [1.82, 2.24) is 0 Å². The van der Waals surface area contributed by atoms with Gasteiger partial charge >= 0.3 is 0 Å². The predicted octanol–water partition coefficient (Wildman–Crippen LogP) is 3.36. The van der Waals surface area contributed by atoms with Crippen LogP contribution in [-0.4, -0.2) is 7.11 Å². The second-order valence-electron chi connectivity index (χ2n) is 2.34. The zero-order valence-corrected chi connectivity index (χ0v) is 8.46. The topological polar surface area (TPSA) is 9.23 Å². The number of hydrogen-bond acceptors (Lipinski definition) is 1. The van der Waals surface area contributed by atoms with E-state index >= 15 is 0 Å². The number of halogens is 2. The van der Waals surface area contributed by atoms with Crippen LogP contribution in [0, 0.1) is 6.07 Å². The van der Waals surface area contributed by atoms with Crippen LogP contribution in [0.5, 0.6) is 5.75 Å². The summed E-state index contributed by atoms with van der Waals surface area (Å²) in [5, 5.41) is 1.14. The van der Waals surface area contributed by atoms with E-state index in [9.17, 15) is 0 Å². The molecule has 0 aromatic heterocycles. The van der Waals surface area contributed by atoms with E-state index in [0.29, 0.717) is 15.8 Å². The summed E-state index contributed by atoms with van der Waals surface area (Å²) >= 11 is 11.8. The third-order valence-corrected chi connectivity index (χ3v) is 2.23. The molecule has 1 aromatic rings. The van der Waals surface area contributed by atoms with Crippen molar-refractivity contribution in [2.75, 3.05) is 7.11 Å². The molecular formula is C9H9Cl2O. The number of ether oxygens (including phenoxy) is 1. The highest BCUT2D eigenvalue weighted by Gasteiger charge is 2.06. The van der Waals surface area contributed by atoms with Crippen molar-refractivity contribution in [3.63, 3.8) is 0 Å². The number of benzene rings is 1. The van der Waals surface area contributed by atoms with Gasteiger partial charge in [0.25, 0.3) is 0 Å². The molecule has 0 aliphatic carbocycles. The van der Waals surface area contributed by atoms with Gasteiger partial charge in [-0.3, -0.25) is 0 Å². The molecule has 65 valence electrons. The lowest BCUT2D eigenvalue weighted by Crippen LogP contribution is -1.88. The first-order chi connectivity index (χ1) is 5.69. The molecule has 0 aliphatic rings. The molecule has 1 nitrogen and oxygen atoms in total. The first kappa shape index (κ1) is 9.69. The minimum Gasteiger partial charge on any atom is -0.494 e. The van der Waals surface area contributed by atoms with E-state index < -0.39 is 0 Å². The van der Waals surface area contributed by atoms with Crippen LogP contribution in [0.4, 0.5) is 0 Å². The third kappa shape index (κ3) is 1.85. The van der Waals surface area contributed by atoms with Gasteiger partial charge in [0.15, 0.2) is 0 Å². The molecule has 1 rings (SSSR count). The average Bonchev–Trinajstić information content (AvgIpc) is 2.08. The van der Waals surface area contributed by atoms with E-state index in [0.717, 1.165) is 12.0 Å². The Morgan fingerprint density at radius 1 is 1.50 bits per heavy atom. The Hall–Kier alpha value is -0.400. The van der Waals surface area contributed by atoms with E-state index in [1.165, 1.54) is 0 Å². The fourth-order valence-corrected chi connectivity index (χ4v) is 1.46. The number of methoxy groups -OCH3 is 1. The van der Waals surface area contributed by atoms with Crippen molar-refractivity contribution in [2.45, 2.75) is 13.3 Å². The predicted molar refractivity (Wildman–Crippen MR) is 51.2 cm³/mol. The smallest absolute Gasteiger partial charge is 0.146 e. The molecule has 0 heterocycles. The Morgan fingerprint density at radius 3 is 2.67 bits per heavy atom. The summed E-state index contributed by atoms with van der Waals surface area (Å²) in [5.74, 6) is 0.499. The maximum atomic E-state index is 5.89. The standard InChI is InChI=1S/C9H9Cl2O/c1-3-6-4-8(11)9(12-2)5-7(6)10/h4H,3H2,1-2H3. The van der Waals surface area contributed by atoms with Crippen LogP contribution in [0.3, 0.4) is 0 Å². The maximum Gasteiger partial charge on any atom is 0.146 e. The van der Waals surface area contributed by atoms with Crippen LogP contribution >= 0.6 is 23.2 Å². The van der Waals surface area contributed by atoms with Crippen molar-refractivity contribution in [1.29, 1.82) is 0 Å². The van der Waals surface area contributed by atoms with E-state index in [2.05, 4.69) is 6.07 Å². The maximum absolute atomic E-state index is 5.89. The zero-order chi connectivity index (χ0) is 9.14. The van der Waals surface area contributed by atoms with E-state index in [1.807, 2.05) is 6.92 Å². The minimum atomic E-state index is 0.499. The molecule has 0 aliphatic heterocycles. The largest absolute Gasteiger partial charge is 0.494 e. The molecule has 0 amide bonds. The first-order valence-corrected chi connectivity index (χ1v) is 4.38. The summed E-state index contributed by atoms with van der Waals surface area (Å²) in [6.45, 7) is 2.01. The molecule has 1 radical (unpaired) electrons. The lowest BCUT2D eigenvalue weighted by molar-refractivity contribution is 0.414. The summed E-state index contributed by atoms with van der Waals surface area (Å²) in [6.07, 6.45) is 0.846. The SMILES string of the molecule is CCc1cc(Cl)c(OC)[c]c1Cl. The quantitative estimate of drug-likeness (QED) is 0.717. The molecular weight excluding hydrogens is 195 g/mol. The van der Waals surface area contributed by atoms with Crippen molar-refractivity contribution in [2.24, 2.45) is 0 Å². The van der Waals surface area contributed by atoms with Gasteiger partial charge in [-0.1, -0.05) is 30.1 Å². The molecule has 0 atom stereocenters. The van der Waals surface area contributed by atoms with Gasteiger partial charge in [-0.05, 0) is 18.1 Å². The fraction of sp³-hybridized carbons (Fsp3) is 0.333. The summed E-state index contributed by atoms with van der Waals surface area (Å²) in [5.41, 5.74) is 0.988. The molecule has 0 fully saturated rings. The highest BCUT2D eigenvalue weighted by molar-refractivity contribution is 6.34. The lowest BCUT2D eigenvalue weighted by Gasteiger charge is -2.05. The third-order valence-electron chi connectivity index (χ3n) is 1.61. The van der Waals surface area contributed by atoms with E-state index in [4.69, 9.17) is 27.9 Å². The van der Waals surface area contributed by atoms with E-state index in [-0.39, 0.29) is 0 Å². The average molecular weight is 204 g/mol. The Morgan fingerprint density at radius 2 is 2.17 bits per heavy atom.